The number of benzene rings is 2. The number of aromatic nitrogens is 1. The van der Waals surface area contributed by atoms with Crippen LogP contribution >= 0.6 is 11.3 Å². The number of carbonyl (C=O) groups excluding carboxylic acids is 1. The molecule has 3 N–H and O–H groups in total. The Labute approximate surface area is 219 Å². The van der Waals surface area contributed by atoms with E-state index in [1.54, 1.807) is 23.2 Å². The molecule has 9 nitrogen and oxygen atoms in total. The van der Waals surface area contributed by atoms with Crippen LogP contribution in [0.4, 0.5) is 15.6 Å². The Kier molecular flexibility index (Phi) is 7.77. The molecule has 1 atom stereocenters. The number of fused-ring (bicyclic) bond motifs is 1. The number of hydrogen-bond donors (Lipinski definition) is 2. The van der Waals surface area contributed by atoms with Crippen LogP contribution in [-0.2, 0) is 11.2 Å². The molecule has 0 aliphatic carbocycles. The summed E-state index contributed by atoms with van der Waals surface area (Å²) in [5.41, 5.74) is 7.87. The second-order valence-corrected chi connectivity index (χ2v) is 10.6. The number of nitrogen functional groups attached to an aromatic ring is 1. The van der Waals surface area contributed by atoms with Crippen molar-refractivity contribution in [1.82, 2.24) is 9.88 Å². The van der Waals surface area contributed by atoms with Crippen LogP contribution in [0.25, 0.3) is 0 Å². The average Bonchev–Trinajstić information content (AvgIpc) is 3.59. The fraction of sp³-hybridized carbons (Fsp3) is 0.333. The zero-order valence-corrected chi connectivity index (χ0v) is 21.8. The molecule has 37 heavy (non-hydrogen) atoms. The Bertz CT molecular complexity index is 1300. The number of nitrogens with zero attached hydrogens (tertiary/aromatic N) is 3. The standard InChI is InChI=1S/C24H26N2O5.C3H4N2S/c1-24(2,3)31-23(29)26-12-11-16(14-26)30-20-10-5-4-8-17(20)19-13-15-7-6-9-18(22(27)28)21(15)25-19;4-3-5-1-2-6-3/h4-10,16H,11-14H2,1-3H3,(H,27,28);1-2H,(H2,4,5). The molecule has 2 aromatic carbocycles. The van der Waals surface area contributed by atoms with Crippen LogP contribution in [-0.4, -0.2) is 57.6 Å². The molecule has 1 saturated heterocycles. The SMILES string of the molecule is CC(C)(C)OC(=O)N1CCC(Oc2ccccc2C2=Nc3c(cccc3C(=O)O)C2)C1.Nc1nccs1. The number of carbonyl (C=O) groups is 2. The summed E-state index contributed by atoms with van der Waals surface area (Å²) in [4.78, 5) is 33.9. The molecular weight excluding hydrogens is 492 g/mol. The first-order valence-corrected chi connectivity index (χ1v) is 12.8. The highest BCUT2D eigenvalue weighted by atomic mass is 32.1. The first kappa shape index (κ1) is 26.2. The summed E-state index contributed by atoms with van der Waals surface area (Å²) < 4.78 is 11.7. The maximum atomic E-state index is 12.3. The molecule has 194 valence electrons. The van der Waals surface area contributed by atoms with Crippen molar-refractivity contribution in [2.24, 2.45) is 4.99 Å². The number of carboxylic acids is 1. The van der Waals surface area contributed by atoms with E-state index in [4.69, 9.17) is 15.2 Å². The number of aromatic carboxylic acids is 1. The van der Waals surface area contributed by atoms with Crippen LogP contribution in [0.3, 0.4) is 0 Å². The Hall–Kier alpha value is -3.92. The number of ether oxygens (including phenoxy) is 2. The third-order valence-electron chi connectivity index (χ3n) is 5.69. The smallest absolute Gasteiger partial charge is 0.410 e. The molecule has 0 radical (unpaired) electrons. The van der Waals surface area contributed by atoms with Crippen molar-refractivity contribution < 1.29 is 24.2 Å². The summed E-state index contributed by atoms with van der Waals surface area (Å²) in [7, 11) is 0. The first-order valence-electron chi connectivity index (χ1n) is 11.9. The molecule has 3 aromatic rings. The maximum absolute atomic E-state index is 12.3. The van der Waals surface area contributed by atoms with Crippen LogP contribution in [0.5, 0.6) is 5.75 Å². The number of rotatable bonds is 4. The Morgan fingerprint density at radius 1 is 1.16 bits per heavy atom. The van der Waals surface area contributed by atoms with Crippen molar-refractivity contribution >= 4 is 39.9 Å². The molecule has 5 rings (SSSR count). The molecule has 3 heterocycles. The number of para-hydroxylation sites is 2. The Balaban J connectivity index is 0.000000469. The molecular formula is C27H30N4O5S. The number of hydrogen-bond acceptors (Lipinski definition) is 8. The van der Waals surface area contributed by atoms with Gasteiger partial charge in [0.2, 0.25) is 0 Å². The predicted octanol–water partition coefficient (Wildman–Crippen LogP) is 5.18. The predicted molar refractivity (Wildman–Crippen MR) is 143 cm³/mol. The van der Waals surface area contributed by atoms with E-state index in [0.717, 1.165) is 16.8 Å². The topological polar surface area (TPSA) is 127 Å². The highest BCUT2D eigenvalue weighted by Crippen LogP contribution is 2.35. The number of anilines is 1. The summed E-state index contributed by atoms with van der Waals surface area (Å²) in [5, 5.41) is 11.9. The van der Waals surface area contributed by atoms with E-state index in [9.17, 15) is 14.7 Å². The van der Waals surface area contributed by atoms with E-state index in [0.29, 0.717) is 42.5 Å². The van der Waals surface area contributed by atoms with Gasteiger partial charge in [-0.15, -0.1) is 11.3 Å². The number of thiazole rings is 1. The summed E-state index contributed by atoms with van der Waals surface area (Å²) in [6.45, 7) is 6.58. The molecule has 0 saturated carbocycles. The maximum Gasteiger partial charge on any atom is 0.410 e. The van der Waals surface area contributed by atoms with Gasteiger partial charge < -0.3 is 25.2 Å². The normalized spacial score (nSPS) is 16.4. The molecule has 1 unspecified atom stereocenters. The Morgan fingerprint density at radius 3 is 2.59 bits per heavy atom. The number of likely N-dealkylation sites (tertiary alicyclic amines) is 1. The van der Waals surface area contributed by atoms with Crippen molar-refractivity contribution in [3.63, 3.8) is 0 Å². The lowest BCUT2D eigenvalue weighted by molar-refractivity contribution is 0.0275. The van der Waals surface area contributed by atoms with Crippen molar-refractivity contribution in [2.75, 3.05) is 18.8 Å². The van der Waals surface area contributed by atoms with E-state index in [1.807, 2.05) is 56.5 Å². The highest BCUT2D eigenvalue weighted by molar-refractivity contribution is 7.13. The zero-order chi connectivity index (χ0) is 26.6. The summed E-state index contributed by atoms with van der Waals surface area (Å²) in [5.74, 6) is -0.304. The monoisotopic (exact) mass is 522 g/mol. The molecule has 2 aliphatic heterocycles. The third-order valence-corrected chi connectivity index (χ3v) is 6.30. The highest BCUT2D eigenvalue weighted by Gasteiger charge is 2.32. The molecule has 1 amide bonds. The minimum Gasteiger partial charge on any atom is -0.488 e. The van der Waals surface area contributed by atoms with Gasteiger partial charge in [-0.05, 0) is 44.5 Å². The minimum atomic E-state index is -0.987. The van der Waals surface area contributed by atoms with E-state index >= 15 is 0 Å². The van der Waals surface area contributed by atoms with Gasteiger partial charge in [-0.1, -0.05) is 24.3 Å². The van der Waals surface area contributed by atoms with Crippen LogP contribution in [0.15, 0.2) is 59.0 Å². The zero-order valence-electron chi connectivity index (χ0n) is 21.0. The van der Waals surface area contributed by atoms with E-state index < -0.39 is 11.6 Å². The fourth-order valence-electron chi connectivity index (χ4n) is 4.09. The van der Waals surface area contributed by atoms with Gasteiger partial charge in [0, 0.05) is 36.5 Å². The van der Waals surface area contributed by atoms with Gasteiger partial charge in [-0.3, -0.25) is 4.99 Å². The van der Waals surface area contributed by atoms with Gasteiger partial charge in [-0.2, -0.15) is 0 Å². The molecule has 0 spiro atoms. The molecule has 1 aromatic heterocycles. The van der Waals surface area contributed by atoms with Gasteiger partial charge in [0.25, 0.3) is 0 Å². The lowest BCUT2D eigenvalue weighted by atomic mass is 10.0. The summed E-state index contributed by atoms with van der Waals surface area (Å²) >= 11 is 1.44. The van der Waals surface area contributed by atoms with E-state index in [2.05, 4.69) is 9.98 Å². The molecule has 0 bridgehead atoms. The third kappa shape index (κ3) is 6.65. The number of nitrogens with two attached hydrogens (primary N) is 1. The van der Waals surface area contributed by atoms with Crippen LogP contribution < -0.4 is 10.5 Å². The van der Waals surface area contributed by atoms with Gasteiger partial charge in [-0.25, -0.2) is 14.6 Å². The van der Waals surface area contributed by atoms with Crippen molar-refractivity contribution in [2.45, 2.75) is 45.3 Å². The van der Waals surface area contributed by atoms with Gasteiger partial charge >= 0.3 is 12.1 Å². The average molecular weight is 523 g/mol. The first-order chi connectivity index (χ1) is 17.6. The van der Waals surface area contributed by atoms with Gasteiger partial charge in [0.15, 0.2) is 5.13 Å². The Morgan fingerprint density at radius 2 is 1.95 bits per heavy atom. The van der Waals surface area contributed by atoms with Crippen molar-refractivity contribution in [3.8, 4) is 5.75 Å². The number of carboxylic acid groups (broad SMARTS) is 1. The van der Waals surface area contributed by atoms with Gasteiger partial charge in [0.05, 0.1) is 23.5 Å². The molecule has 1 fully saturated rings. The van der Waals surface area contributed by atoms with Crippen molar-refractivity contribution in [3.05, 3.63) is 70.7 Å². The number of aliphatic imine (C=N–C) groups is 1. The lowest BCUT2D eigenvalue weighted by Gasteiger charge is -2.24. The quantitative estimate of drug-likeness (QED) is 0.483. The second kappa shape index (κ2) is 11.0. The van der Waals surface area contributed by atoms with Crippen LogP contribution in [0, 0.1) is 0 Å². The van der Waals surface area contributed by atoms with E-state index in [1.165, 1.54) is 11.3 Å². The summed E-state index contributed by atoms with van der Waals surface area (Å²) in [6.07, 6.45) is 2.46. The molecule has 10 heteroatoms. The van der Waals surface area contributed by atoms with Crippen LogP contribution in [0.1, 0.15) is 48.7 Å². The minimum absolute atomic E-state index is 0.146. The largest absolute Gasteiger partial charge is 0.488 e. The second-order valence-electron chi connectivity index (χ2n) is 9.68. The van der Waals surface area contributed by atoms with Gasteiger partial charge in [0.1, 0.15) is 17.5 Å². The summed E-state index contributed by atoms with van der Waals surface area (Å²) in [6, 6.07) is 12.8. The van der Waals surface area contributed by atoms with Crippen LogP contribution in [0.2, 0.25) is 0 Å². The lowest BCUT2D eigenvalue weighted by Crippen LogP contribution is -2.36. The van der Waals surface area contributed by atoms with E-state index in [-0.39, 0.29) is 17.8 Å². The number of amides is 1. The van der Waals surface area contributed by atoms with Crippen molar-refractivity contribution in [1.29, 1.82) is 0 Å². The molecule has 2 aliphatic rings. The fourth-order valence-corrected chi connectivity index (χ4v) is 4.47.